The minimum Gasteiger partial charge on any atom is -0.459 e. The summed E-state index contributed by atoms with van der Waals surface area (Å²) in [5.41, 5.74) is 2.51. The van der Waals surface area contributed by atoms with Crippen LogP contribution in [0, 0.1) is 0 Å². The molecule has 0 aliphatic heterocycles. The number of amides is 1. The van der Waals surface area contributed by atoms with Crippen molar-refractivity contribution in [2.75, 3.05) is 14.1 Å². The van der Waals surface area contributed by atoms with Crippen LogP contribution in [0.2, 0.25) is 0 Å². The number of hydrogen-bond acceptors (Lipinski definition) is 7. The summed E-state index contributed by atoms with van der Waals surface area (Å²) < 4.78 is 10.9. The van der Waals surface area contributed by atoms with E-state index in [4.69, 9.17) is 8.83 Å². The summed E-state index contributed by atoms with van der Waals surface area (Å²) in [6.07, 6.45) is 4.72. The molecule has 0 radical (unpaired) electrons. The molecule has 0 aliphatic carbocycles. The monoisotopic (exact) mass is 361 g/mol. The second-order valence-electron chi connectivity index (χ2n) is 5.96. The van der Waals surface area contributed by atoms with Gasteiger partial charge in [0.1, 0.15) is 5.69 Å². The van der Waals surface area contributed by atoms with Crippen molar-refractivity contribution in [2.45, 2.75) is 0 Å². The van der Waals surface area contributed by atoms with Crippen molar-refractivity contribution in [2.24, 2.45) is 0 Å². The average Bonchev–Trinajstić information content (AvgIpc) is 3.39. The fraction of sp³-hybridized carbons (Fsp3) is 0.105. The average molecular weight is 361 g/mol. The van der Waals surface area contributed by atoms with Gasteiger partial charge in [-0.3, -0.25) is 9.78 Å². The highest BCUT2D eigenvalue weighted by Crippen LogP contribution is 2.24. The van der Waals surface area contributed by atoms with Gasteiger partial charge in [0.15, 0.2) is 5.76 Å². The Hall–Kier alpha value is -3.81. The van der Waals surface area contributed by atoms with Crippen LogP contribution >= 0.6 is 0 Å². The van der Waals surface area contributed by atoms with Gasteiger partial charge in [-0.2, -0.15) is 0 Å². The van der Waals surface area contributed by atoms with Crippen LogP contribution in [0.1, 0.15) is 10.4 Å². The summed E-state index contributed by atoms with van der Waals surface area (Å²) in [6, 6.07) is 10.6. The second kappa shape index (κ2) is 6.83. The quantitative estimate of drug-likeness (QED) is 0.550. The predicted octanol–water partition coefficient (Wildman–Crippen LogP) is 3.16. The molecule has 0 aliphatic rings. The smallest absolute Gasteiger partial charge is 0.283 e. The summed E-state index contributed by atoms with van der Waals surface area (Å²) in [6.45, 7) is 0. The van der Waals surface area contributed by atoms with Crippen molar-refractivity contribution in [1.29, 1.82) is 0 Å². The van der Waals surface area contributed by atoms with E-state index in [1.54, 1.807) is 50.8 Å². The van der Waals surface area contributed by atoms with Crippen LogP contribution < -0.4 is 0 Å². The third-order valence-electron chi connectivity index (χ3n) is 3.84. The van der Waals surface area contributed by atoms with Gasteiger partial charge in [0.25, 0.3) is 17.7 Å². The fourth-order valence-electron chi connectivity index (χ4n) is 2.48. The Kier molecular flexibility index (Phi) is 4.21. The van der Waals surface area contributed by atoms with Crippen LogP contribution in [-0.2, 0) is 0 Å². The number of furan rings is 1. The maximum absolute atomic E-state index is 12.0. The number of hydrogen-bond donors (Lipinski definition) is 0. The minimum absolute atomic E-state index is 0.0577. The van der Waals surface area contributed by atoms with Gasteiger partial charge in [-0.05, 0) is 24.3 Å². The third-order valence-corrected chi connectivity index (χ3v) is 3.84. The SMILES string of the molecule is CN(C)C(=O)c1ccc(-c2cncc(-c3nnc(-c4ccco4)o3)n2)cc1. The van der Waals surface area contributed by atoms with E-state index in [0.29, 0.717) is 22.7 Å². The molecule has 1 amide bonds. The van der Waals surface area contributed by atoms with Crippen LogP contribution in [0.25, 0.3) is 34.5 Å². The van der Waals surface area contributed by atoms with E-state index in [1.165, 1.54) is 11.2 Å². The Bertz CT molecular complexity index is 1070. The summed E-state index contributed by atoms with van der Waals surface area (Å²) in [4.78, 5) is 22.3. The molecule has 0 N–H and O–H groups in total. The molecule has 27 heavy (non-hydrogen) atoms. The highest BCUT2D eigenvalue weighted by molar-refractivity contribution is 5.94. The van der Waals surface area contributed by atoms with Crippen LogP contribution in [0.15, 0.2) is 63.9 Å². The van der Waals surface area contributed by atoms with E-state index >= 15 is 0 Å². The van der Waals surface area contributed by atoms with Crippen molar-refractivity contribution >= 4 is 5.91 Å². The first kappa shape index (κ1) is 16.6. The van der Waals surface area contributed by atoms with Crippen LogP contribution in [-0.4, -0.2) is 45.1 Å². The molecule has 0 atom stereocenters. The van der Waals surface area contributed by atoms with Crippen molar-refractivity contribution in [3.8, 4) is 34.5 Å². The third kappa shape index (κ3) is 3.32. The molecule has 1 aromatic carbocycles. The van der Waals surface area contributed by atoms with Crippen molar-refractivity contribution in [3.05, 3.63) is 60.6 Å². The van der Waals surface area contributed by atoms with Crippen LogP contribution in [0.3, 0.4) is 0 Å². The normalized spacial score (nSPS) is 10.7. The standard InChI is InChI=1S/C19H15N5O3/c1-24(2)19(25)13-7-5-12(6-8-13)14-10-20-11-15(21-14)17-22-23-18(27-17)16-4-3-9-26-16/h3-11H,1-2H3. The molecule has 134 valence electrons. The van der Waals surface area contributed by atoms with Crippen molar-refractivity contribution in [3.63, 3.8) is 0 Å². The van der Waals surface area contributed by atoms with Gasteiger partial charge in [0.05, 0.1) is 24.4 Å². The molecular weight excluding hydrogens is 346 g/mol. The first-order chi connectivity index (χ1) is 13.1. The molecule has 8 nitrogen and oxygen atoms in total. The number of rotatable bonds is 4. The summed E-state index contributed by atoms with van der Waals surface area (Å²) in [7, 11) is 3.43. The predicted molar refractivity (Wildman–Crippen MR) is 96.5 cm³/mol. The molecule has 8 heteroatoms. The lowest BCUT2D eigenvalue weighted by Gasteiger charge is -2.10. The van der Waals surface area contributed by atoms with Crippen molar-refractivity contribution < 1.29 is 13.6 Å². The molecular formula is C19H15N5O3. The molecule has 0 saturated heterocycles. The number of carbonyl (C=O) groups is 1. The zero-order valence-electron chi connectivity index (χ0n) is 14.7. The van der Waals surface area contributed by atoms with Gasteiger partial charge in [-0.1, -0.05) is 12.1 Å². The fourth-order valence-corrected chi connectivity index (χ4v) is 2.48. The highest BCUT2D eigenvalue weighted by atomic mass is 16.4. The van der Waals surface area contributed by atoms with Gasteiger partial charge >= 0.3 is 0 Å². The summed E-state index contributed by atoms with van der Waals surface area (Å²) >= 11 is 0. The van der Waals surface area contributed by atoms with E-state index in [1.807, 2.05) is 12.1 Å². The Labute approximate surface area is 154 Å². The Balaban J connectivity index is 1.62. The number of nitrogens with zero attached hydrogens (tertiary/aromatic N) is 5. The maximum Gasteiger partial charge on any atom is 0.283 e. The number of benzene rings is 1. The zero-order chi connectivity index (χ0) is 18.8. The van der Waals surface area contributed by atoms with Gasteiger partial charge in [-0.15, -0.1) is 10.2 Å². The number of aromatic nitrogens is 4. The molecule has 0 unspecified atom stereocenters. The maximum atomic E-state index is 12.0. The minimum atomic E-state index is -0.0577. The molecule has 3 aromatic heterocycles. The molecule has 0 bridgehead atoms. The van der Waals surface area contributed by atoms with Crippen LogP contribution in [0.5, 0.6) is 0 Å². The lowest BCUT2D eigenvalue weighted by molar-refractivity contribution is 0.0827. The van der Waals surface area contributed by atoms with Gasteiger partial charge < -0.3 is 13.7 Å². The van der Waals surface area contributed by atoms with E-state index in [9.17, 15) is 4.79 Å². The second-order valence-corrected chi connectivity index (χ2v) is 5.96. The molecule has 0 saturated carbocycles. The lowest BCUT2D eigenvalue weighted by Crippen LogP contribution is -2.21. The summed E-state index contributed by atoms with van der Waals surface area (Å²) in [5.74, 6) is 0.945. The highest BCUT2D eigenvalue weighted by Gasteiger charge is 2.15. The first-order valence-corrected chi connectivity index (χ1v) is 8.14. The molecule has 3 heterocycles. The molecule has 4 aromatic rings. The van der Waals surface area contributed by atoms with E-state index in [0.717, 1.165) is 5.56 Å². The van der Waals surface area contributed by atoms with Crippen molar-refractivity contribution in [1.82, 2.24) is 25.1 Å². The van der Waals surface area contributed by atoms with Gasteiger partial charge in [-0.25, -0.2) is 4.98 Å². The van der Waals surface area contributed by atoms with Gasteiger partial charge in [0, 0.05) is 25.2 Å². The molecule has 0 spiro atoms. The molecule has 4 rings (SSSR count). The lowest BCUT2D eigenvalue weighted by atomic mass is 10.1. The van der Waals surface area contributed by atoms with E-state index < -0.39 is 0 Å². The first-order valence-electron chi connectivity index (χ1n) is 8.14. The van der Waals surface area contributed by atoms with Crippen LogP contribution in [0.4, 0.5) is 0 Å². The topological polar surface area (TPSA) is 98.2 Å². The van der Waals surface area contributed by atoms with E-state index in [-0.39, 0.29) is 17.7 Å². The Morgan fingerprint density at radius 1 is 0.963 bits per heavy atom. The summed E-state index contributed by atoms with van der Waals surface area (Å²) in [5, 5.41) is 7.97. The number of carbonyl (C=O) groups excluding carboxylic acids is 1. The molecule has 0 fully saturated rings. The zero-order valence-corrected chi connectivity index (χ0v) is 14.7. The Morgan fingerprint density at radius 2 is 1.70 bits per heavy atom. The van der Waals surface area contributed by atoms with E-state index in [2.05, 4.69) is 20.2 Å². The Morgan fingerprint density at radius 3 is 2.41 bits per heavy atom. The van der Waals surface area contributed by atoms with Gasteiger partial charge in [0.2, 0.25) is 0 Å². The largest absolute Gasteiger partial charge is 0.459 e.